The maximum atomic E-state index is 13.7. The molecule has 1 saturated heterocycles. The van der Waals surface area contributed by atoms with Gasteiger partial charge in [0.15, 0.2) is 5.82 Å². The van der Waals surface area contributed by atoms with Crippen LogP contribution in [0.4, 0.5) is 4.79 Å². The van der Waals surface area contributed by atoms with Crippen LogP contribution in [0.5, 0.6) is 0 Å². The van der Waals surface area contributed by atoms with E-state index in [1.807, 2.05) is 48.5 Å². The van der Waals surface area contributed by atoms with Crippen LogP contribution >= 0.6 is 0 Å². The summed E-state index contributed by atoms with van der Waals surface area (Å²) in [5.74, 6) is -0.390. The minimum Gasteiger partial charge on any atom is -0.449 e. The van der Waals surface area contributed by atoms with Crippen molar-refractivity contribution >= 4 is 28.8 Å². The standard InChI is InChI=1S/C32H33N5O4/c33-17-7-15-27(31(39)37-18-8-16-28(37)29(38)30-34-25-13-5-6-14-26(25)35-30)36-32(40)41-19-24-22-11-3-1-9-20(22)21-10-2-4-12-23(21)24/h1-6,9-14,24,27-28H,7-8,15-19,33H2,(H,34,35)(H,36,40)/t27-,28-/m0/s1. The minimum absolute atomic E-state index is 0.0873. The Labute approximate surface area is 238 Å². The van der Waals surface area contributed by atoms with Gasteiger partial charge in [-0.3, -0.25) is 9.59 Å². The van der Waals surface area contributed by atoms with Crippen LogP contribution in [0.15, 0.2) is 72.8 Å². The Morgan fingerprint density at radius 2 is 1.68 bits per heavy atom. The fourth-order valence-corrected chi connectivity index (χ4v) is 6.09. The van der Waals surface area contributed by atoms with Crippen molar-refractivity contribution in [3.05, 3.63) is 89.7 Å². The van der Waals surface area contributed by atoms with Crippen molar-refractivity contribution in [3.8, 4) is 11.1 Å². The second kappa shape index (κ2) is 11.5. The van der Waals surface area contributed by atoms with E-state index < -0.39 is 18.2 Å². The van der Waals surface area contributed by atoms with E-state index >= 15 is 0 Å². The number of amides is 2. The van der Waals surface area contributed by atoms with E-state index in [9.17, 15) is 14.4 Å². The number of H-pyrrole nitrogens is 1. The van der Waals surface area contributed by atoms with Crippen molar-refractivity contribution in [1.82, 2.24) is 20.2 Å². The zero-order chi connectivity index (χ0) is 28.3. The lowest BCUT2D eigenvalue weighted by Gasteiger charge is -2.28. The van der Waals surface area contributed by atoms with Crippen molar-refractivity contribution in [2.45, 2.75) is 43.7 Å². The Kier molecular flexibility index (Phi) is 7.52. The molecule has 0 spiro atoms. The highest BCUT2D eigenvalue weighted by Crippen LogP contribution is 2.44. The summed E-state index contributed by atoms with van der Waals surface area (Å²) >= 11 is 0. The second-order valence-corrected chi connectivity index (χ2v) is 10.6. The van der Waals surface area contributed by atoms with Crippen LogP contribution in [0.3, 0.4) is 0 Å². The van der Waals surface area contributed by atoms with Gasteiger partial charge < -0.3 is 25.7 Å². The van der Waals surface area contributed by atoms with Gasteiger partial charge in [0.05, 0.1) is 17.1 Å². The van der Waals surface area contributed by atoms with Crippen LogP contribution in [0, 0.1) is 0 Å². The molecule has 2 aliphatic rings. The van der Waals surface area contributed by atoms with Crippen LogP contribution in [-0.2, 0) is 9.53 Å². The second-order valence-electron chi connectivity index (χ2n) is 10.6. The molecule has 2 heterocycles. The Balaban J connectivity index is 1.14. The fraction of sp³-hybridized carbons (Fsp3) is 0.312. The Bertz CT molecular complexity index is 1520. The van der Waals surface area contributed by atoms with Crippen LogP contribution in [0.2, 0.25) is 0 Å². The maximum absolute atomic E-state index is 13.7. The molecule has 0 saturated carbocycles. The average molecular weight is 552 g/mol. The number of carbonyl (C=O) groups is 3. The molecular formula is C32H33N5O4. The normalized spacial score (nSPS) is 16.8. The highest BCUT2D eigenvalue weighted by Gasteiger charge is 2.39. The van der Waals surface area contributed by atoms with Gasteiger partial charge in [-0.15, -0.1) is 0 Å². The summed E-state index contributed by atoms with van der Waals surface area (Å²) in [5.41, 5.74) is 11.7. The number of hydrogen-bond donors (Lipinski definition) is 3. The van der Waals surface area contributed by atoms with Gasteiger partial charge in [-0.1, -0.05) is 60.7 Å². The average Bonchev–Trinajstić information content (AvgIpc) is 3.73. The predicted octanol–water partition coefficient (Wildman–Crippen LogP) is 4.38. The molecule has 1 aromatic heterocycles. The van der Waals surface area contributed by atoms with Crippen LogP contribution in [0.1, 0.15) is 53.3 Å². The van der Waals surface area contributed by atoms with E-state index in [0.717, 1.165) is 27.8 Å². The number of hydrogen-bond acceptors (Lipinski definition) is 6. The molecule has 2 atom stereocenters. The molecule has 9 nitrogen and oxygen atoms in total. The molecule has 6 rings (SSSR count). The number of carbonyl (C=O) groups excluding carboxylic acids is 3. The molecule has 0 unspecified atom stereocenters. The highest BCUT2D eigenvalue weighted by molar-refractivity contribution is 6.02. The van der Waals surface area contributed by atoms with Crippen molar-refractivity contribution in [3.63, 3.8) is 0 Å². The molecule has 1 fully saturated rings. The molecule has 1 aliphatic heterocycles. The first-order chi connectivity index (χ1) is 20.0. The SMILES string of the molecule is NCCC[C@H](NC(=O)OCC1c2ccccc2-c2ccccc21)C(=O)N1CCC[C@H]1C(=O)c1nc2ccccc2[nH]1. The molecule has 4 N–H and O–H groups in total. The Hall–Kier alpha value is -4.50. The summed E-state index contributed by atoms with van der Waals surface area (Å²) < 4.78 is 5.71. The number of nitrogens with two attached hydrogens (primary N) is 1. The summed E-state index contributed by atoms with van der Waals surface area (Å²) in [4.78, 5) is 49.3. The number of likely N-dealkylation sites (tertiary alicyclic amines) is 1. The van der Waals surface area contributed by atoms with E-state index in [4.69, 9.17) is 10.5 Å². The van der Waals surface area contributed by atoms with Crippen molar-refractivity contribution < 1.29 is 19.1 Å². The minimum atomic E-state index is -0.849. The number of ether oxygens (including phenoxy) is 1. The summed E-state index contributed by atoms with van der Waals surface area (Å²) in [5, 5.41) is 2.78. The van der Waals surface area contributed by atoms with E-state index in [1.54, 1.807) is 4.90 Å². The number of para-hydroxylation sites is 2. The number of nitrogens with one attached hydrogen (secondary N) is 2. The maximum Gasteiger partial charge on any atom is 0.407 e. The summed E-state index contributed by atoms with van der Waals surface area (Å²) in [7, 11) is 0. The number of benzene rings is 3. The number of ketones is 1. The van der Waals surface area contributed by atoms with Crippen LogP contribution in [0.25, 0.3) is 22.2 Å². The molecule has 210 valence electrons. The van der Waals surface area contributed by atoms with Crippen LogP contribution < -0.4 is 11.1 Å². The third-order valence-electron chi connectivity index (χ3n) is 8.09. The summed E-state index contributed by atoms with van der Waals surface area (Å²) in [6.45, 7) is 0.951. The van der Waals surface area contributed by atoms with Gasteiger partial charge in [0.2, 0.25) is 11.7 Å². The number of aromatic amines is 1. The molecule has 41 heavy (non-hydrogen) atoms. The van der Waals surface area contributed by atoms with Gasteiger partial charge in [-0.25, -0.2) is 9.78 Å². The largest absolute Gasteiger partial charge is 0.449 e. The monoisotopic (exact) mass is 551 g/mol. The lowest BCUT2D eigenvalue weighted by Crippen LogP contribution is -2.52. The number of alkyl carbamates (subject to hydrolysis) is 1. The highest BCUT2D eigenvalue weighted by atomic mass is 16.5. The molecule has 4 aromatic rings. The van der Waals surface area contributed by atoms with Crippen LogP contribution in [-0.4, -0.2) is 64.4 Å². The summed E-state index contributed by atoms with van der Waals surface area (Å²) in [6, 6.07) is 22.2. The number of imidazole rings is 1. The number of Topliss-reactive ketones (excluding diaryl/α,β-unsaturated/α-hetero) is 1. The molecule has 9 heteroatoms. The van der Waals surface area contributed by atoms with E-state index in [0.29, 0.717) is 44.3 Å². The number of rotatable bonds is 9. The fourth-order valence-electron chi connectivity index (χ4n) is 6.09. The third kappa shape index (κ3) is 5.20. The Morgan fingerprint density at radius 1 is 1.00 bits per heavy atom. The van der Waals surface area contributed by atoms with E-state index in [-0.39, 0.29) is 30.0 Å². The zero-order valence-electron chi connectivity index (χ0n) is 22.7. The first kappa shape index (κ1) is 26.7. The molecule has 1 aliphatic carbocycles. The number of fused-ring (bicyclic) bond motifs is 4. The molecular weight excluding hydrogens is 518 g/mol. The molecule has 0 bridgehead atoms. The van der Waals surface area contributed by atoms with Gasteiger partial charge in [0.25, 0.3) is 0 Å². The molecule has 0 radical (unpaired) electrons. The zero-order valence-corrected chi connectivity index (χ0v) is 22.7. The predicted molar refractivity (Wildman–Crippen MR) is 155 cm³/mol. The van der Waals surface area contributed by atoms with Gasteiger partial charge in [0.1, 0.15) is 12.6 Å². The smallest absolute Gasteiger partial charge is 0.407 e. The van der Waals surface area contributed by atoms with Gasteiger partial charge in [-0.2, -0.15) is 0 Å². The summed E-state index contributed by atoms with van der Waals surface area (Å²) in [6.07, 6.45) is 1.45. The number of aromatic nitrogens is 2. The van der Waals surface area contributed by atoms with E-state index in [1.165, 1.54) is 0 Å². The first-order valence-electron chi connectivity index (χ1n) is 14.2. The van der Waals surface area contributed by atoms with Crippen molar-refractivity contribution in [2.24, 2.45) is 5.73 Å². The topological polar surface area (TPSA) is 130 Å². The lowest BCUT2D eigenvalue weighted by molar-refractivity contribution is -0.133. The van der Waals surface area contributed by atoms with Crippen molar-refractivity contribution in [2.75, 3.05) is 19.7 Å². The quantitative estimate of drug-likeness (QED) is 0.265. The number of nitrogens with zero attached hydrogens (tertiary/aromatic N) is 2. The first-order valence-corrected chi connectivity index (χ1v) is 14.2. The van der Waals surface area contributed by atoms with E-state index in [2.05, 4.69) is 39.6 Å². The van der Waals surface area contributed by atoms with Crippen molar-refractivity contribution in [1.29, 1.82) is 0 Å². The lowest BCUT2D eigenvalue weighted by atomic mass is 9.98. The third-order valence-corrected chi connectivity index (χ3v) is 8.09. The molecule has 3 aromatic carbocycles. The van der Waals surface area contributed by atoms with Gasteiger partial charge in [-0.05, 0) is 66.6 Å². The Morgan fingerprint density at radius 3 is 2.39 bits per heavy atom. The van der Waals surface area contributed by atoms with Gasteiger partial charge >= 0.3 is 6.09 Å². The molecule has 2 amide bonds. The van der Waals surface area contributed by atoms with Gasteiger partial charge in [0, 0.05) is 12.5 Å².